The molecule has 0 unspecified atom stereocenters. The molecule has 0 bridgehead atoms. The predicted octanol–water partition coefficient (Wildman–Crippen LogP) is 2.09. The second-order valence-corrected chi connectivity index (χ2v) is 6.58. The van der Waals surface area contributed by atoms with Gasteiger partial charge in [0, 0.05) is 31.5 Å². The predicted molar refractivity (Wildman–Crippen MR) is 102 cm³/mol. The summed E-state index contributed by atoms with van der Waals surface area (Å²) < 4.78 is 1.82. The summed E-state index contributed by atoms with van der Waals surface area (Å²) in [4.78, 5) is 37.7. The van der Waals surface area contributed by atoms with E-state index < -0.39 is 0 Å². The summed E-state index contributed by atoms with van der Waals surface area (Å²) in [7, 11) is 1.43. The number of hydrogen-bond acceptors (Lipinski definition) is 4. The van der Waals surface area contributed by atoms with Crippen LogP contribution in [-0.4, -0.2) is 39.4 Å². The van der Waals surface area contributed by atoms with E-state index in [0.29, 0.717) is 24.2 Å². The number of aromatic nitrogens is 2. The quantitative estimate of drug-likeness (QED) is 0.693. The normalized spacial score (nSPS) is 13.0. The lowest BCUT2D eigenvalue weighted by atomic mass is 10.0. The lowest BCUT2D eigenvalue weighted by Gasteiger charge is -2.11. The summed E-state index contributed by atoms with van der Waals surface area (Å²) in [5.41, 5.74) is 2.98. The fourth-order valence-electron chi connectivity index (χ4n) is 3.23. The smallest absolute Gasteiger partial charge is 0.261 e. The maximum Gasteiger partial charge on any atom is 0.261 e. The molecular formula is C21H18N4O3. The van der Waals surface area contributed by atoms with Crippen molar-refractivity contribution in [2.75, 3.05) is 7.05 Å². The summed E-state index contributed by atoms with van der Waals surface area (Å²) in [5.74, 6) is -1.04. The molecule has 0 aliphatic carbocycles. The van der Waals surface area contributed by atoms with Crippen LogP contribution in [0.3, 0.4) is 0 Å². The molecule has 3 aromatic rings. The summed E-state index contributed by atoms with van der Waals surface area (Å²) in [5, 5.41) is 7.10. The third kappa shape index (κ3) is 3.18. The van der Waals surface area contributed by atoms with Crippen molar-refractivity contribution in [2.45, 2.75) is 13.1 Å². The van der Waals surface area contributed by atoms with Gasteiger partial charge in [-0.3, -0.25) is 24.0 Å². The van der Waals surface area contributed by atoms with Crippen LogP contribution in [0.15, 0.2) is 60.9 Å². The zero-order valence-corrected chi connectivity index (χ0v) is 15.3. The van der Waals surface area contributed by atoms with Crippen molar-refractivity contribution in [3.8, 4) is 0 Å². The number of fused-ring (bicyclic) bond motifs is 1. The molecule has 0 spiro atoms. The fraction of sp³-hybridized carbons (Fsp3) is 0.143. The van der Waals surface area contributed by atoms with Crippen LogP contribution in [-0.2, 0) is 13.1 Å². The monoisotopic (exact) mass is 374 g/mol. The Morgan fingerprint density at radius 1 is 1.00 bits per heavy atom. The second kappa shape index (κ2) is 7.11. The highest BCUT2D eigenvalue weighted by Crippen LogP contribution is 2.22. The van der Waals surface area contributed by atoms with Gasteiger partial charge in [0.25, 0.3) is 17.7 Å². The van der Waals surface area contributed by atoms with Gasteiger partial charge in [-0.15, -0.1) is 0 Å². The van der Waals surface area contributed by atoms with Crippen LogP contribution in [0.25, 0.3) is 0 Å². The zero-order valence-electron chi connectivity index (χ0n) is 15.3. The number of benzene rings is 2. The molecule has 3 amide bonds. The number of hydrogen-bond donors (Lipinski definition) is 1. The Kier molecular flexibility index (Phi) is 4.49. The van der Waals surface area contributed by atoms with E-state index in [1.807, 2.05) is 41.2 Å². The van der Waals surface area contributed by atoms with E-state index in [1.54, 1.807) is 12.3 Å². The van der Waals surface area contributed by atoms with Gasteiger partial charge in [0.1, 0.15) is 0 Å². The molecule has 0 saturated heterocycles. The summed E-state index contributed by atoms with van der Waals surface area (Å²) in [6, 6.07) is 14.3. The average molecular weight is 374 g/mol. The van der Waals surface area contributed by atoms with Crippen molar-refractivity contribution in [3.05, 3.63) is 88.7 Å². The summed E-state index contributed by atoms with van der Waals surface area (Å²) >= 11 is 0. The van der Waals surface area contributed by atoms with Crippen LogP contribution in [0.1, 0.15) is 42.2 Å². The topological polar surface area (TPSA) is 84.3 Å². The minimum absolute atomic E-state index is 0.263. The number of carbonyl (C=O) groups excluding carboxylic acids is 3. The maximum atomic E-state index is 12.6. The fourth-order valence-corrected chi connectivity index (χ4v) is 3.23. The van der Waals surface area contributed by atoms with E-state index in [1.165, 1.54) is 19.2 Å². The van der Waals surface area contributed by atoms with E-state index in [-0.39, 0.29) is 23.3 Å². The lowest BCUT2D eigenvalue weighted by Crippen LogP contribution is -2.24. The summed E-state index contributed by atoms with van der Waals surface area (Å²) in [6.45, 7) is 0.959. The number of nitrogens with one attached hydrogen (secondary N) is 1. The van der Waals surface area contributed by atoms with Gasteiger partial charge in [-0.25, -0.2) is 0 Å². The van der Waals surface area contributed by atoms with Gasteiger partial charge in [-0.05, 0) is 35.4 Å². The number of nitrogens with zero attached hydrogens (tertiary/aromatic N) is 3. The van der Waals surface area contributed by atoms with Gasteiger partial charge in [0.05, 0.1) is 17.7 Å². The minimum atomic E-state index is -0.390. The van der Waals surface area contributed by atoms with Crippen molar-refractivity contribution in [2.24, 2.45) is 0 Å². The minimum Gasteiger partial charge on any atom is -0.348 e. The molecule has 140 valence electrons. The van der Waals surface area contributed by atoms with E-state index in [2.05, 4.69) is 10.4 Å². The van der Waals surface area contributed by atoms with Gasteiger partial charge >= 0.3 is 0 Å². The van der Waals surface area contributed by atoms with Gasteiger partial charge in [0.15, 0.2) is 0 Å². The van der Waals surface area contributed by atoms with Crippen LogP contribution in [0.4, 0.5) is 0 Å². The number of imide groups is 1. The van der Waals surface area contributed by atoms with Crippen molar-refractivity contribution in [1.82, 2.24) is 20.0 Å². The molecule has 2 heterocycles. The third-order valence-electron chi connectivity index (χ3n) is 4.80. The highest BCUT2D eigenvalue weighted by molar-refractivity contribution is 6.21. The molecule has 2 aromatic carbocycles. The van der Waals surface area contributed by atoms with Crippen molar-refractivity contribution < 1.29 is 14.4 Å². The van der Waals surface area contributed by atoms with E-state index in [0.717, 1.165) is 16.0 Å². The average Bonchev–Trinajstić information content (AvgIpc) is 3.30. The molecular weight excluding hydrogens is 356 g/mol. The Bertz CT molecular complexity index is 1070. The van der Waals surface area contributed by atoms with Gasteiger partial charge < -0.3 is 5.32 Å². The van der Waals surface area contributed by atoms with Crippen LogP contribution in [0.5, 0.6) is 0 Å². The Balaban J connectivity index is 1.49. The van der Waals surface area contributed by atoms with Gasteiger partial charge in [0.2, 0.25) is 0 Å². The zero-order chi connectivity index (χ0) is 19.7. The molecule has 1 aliphatic rings. The van der Waals surface area contributed by atoms with Crippen molar-refractivity contribution in [1.29, 1.82) is 0 Å². The molecule has 4 rings (SSSR count). The number of carbonyl (C=O) groups is 3. The van der Waals surface area contributed by atoms with Gasteiger partial charge in [-0.1, -0.05) is 24.3 Å². The SMILES string of the molecule is CN1C(=O)c2ccc(C(=O)NCc3ccccc3Cn3cccn3)cc2C1=O. The Morgan fingerprint density at radius 3 is 2.50 bits per heavy atom. The van der Waals surface area contributed by atoms with Crippen LogP contribution >= 0.6 is 0 Å². The van der Waals surface area contributed by atoms with Crippen molar-refractivity contribution >= 4 is 17.7 Å². The highest BCUT2D eigenvalue weighted by Gasteiger charge is 2.33. The molecule has 7 nitrogen and oxygen atoms in total. The molecule has 28 heavy (non-hydrogen) atoms. The molecule has 0 saturated carbocycles. The first-order chi connectivity index (χ1) is 13.5. The molecule has 0 atom stereocenters. The van der Waals surface area contributed by atoms with Crippen molar-refractivity contribution in [3.63, 3.8) is 0 Å². The molecule has 1 aromatic heterocycles. The molecule has 7 heteroatoms. The lowest BCUT2D eigenvalue weighted by molar-refractivity contribution is 0.0693. The number of amides is 3. The Hall–Kier alpha value is -3.74. The van der Waals surface area contributed by atoms with Gasteiger partial charge in [-0.2, -0.15) is 5.10 Å². The molecule has 0 radical (unpaired) electrons. The highest BCUT2D eigenvalue weighted by atomic mass is 16.2. The maximum absolute atomic E-state index is 12.6. The van der Waals surface area contributed by atoms with E-state index in [4.69, 9.17) is 0 Å². The first kappa shape index (κ1) is 17.7. The molecule has 1 N–H and O–H groups in total. The first-order valence-corrected chi connectivity index (χ1v) is 8.83. The molecule has 0 fully saturated rings. The Labute approximate surface area is 161 Å². The standard InChI is InChI=1S/C21H18N4O3/c1-24-20(27)17-8-7-14(11-18(17)21(24)28)19(26)22-12-15-5-2-3-6-16(15)13-25-10-4-9-23-25/h2-11H,12-13H2,1H3,(H,22,26). The third-order valence-corrected chi connectivity index (χ3v) is 4.80. The second-order valence-electron chi connectivity index (χ2n) is 6.58. The van der Waals surface area contributed by atoms with E-state index >= 15 is 0 Å². The van der Waals surface area contributed by atoms with Crippen LogP contribution < -0.4 is 5.32 Å². The molecule has 1 aliphatic heterocycles. The van der Waals surface area contributed by atoms with E-state index in [9.17, 15) is 14.4 Å². The van der Waals surface area contributed by atoms with Crippen LogP contribution in [0, 0.1) is 0 Å². The number of rotatable bonds is 5. The Morgan fingerprint density at radius 2 is 1.75 bits per heavy atom. The summed E-state index contributed by atoms with van der Waals surface area (Å²) in [6.07, 6.45) is 3.61. The largest absolute Gasteiger partial charge is 0.348 e. The van der Waals surface area contributed by atoms with Crippen LogP contribution in [0.2, 0.25) is 0 Å². The first-order valence-electron chi connectivity index (χ1n) is 8.83.